The van der Waals surface area contributed by atoms with Crippen molar-refractivity contribution in [3.8, 4) is 0 Å². The molecule has 3 amide bonds. The molecule has 35 heavy (non-hydrogen) atoms. The number of amides is 3. The lowest BCUT2D eigenvalue weighted by Crippen LogP contribution is -2.58. The quantitative estimate of drug-likeness (QED) is 0.656. The van der Waals surface area contributed by atoms with E-state index in [0.29, 0.717) is 22.7 Å². The molecule has 4 heterocycles. The summed E-state index contributed by atoms with van der Waals surface area (Å²) in [6, 6.07) is 2.68. The Bertz CT molecular complexity index is 1040. The molecule has 1 aromatic rings. The van der Waals surface area contributed by atoms with E-state index in [0.717, 1.165) is 52.1 Å². The summed E-state index contributed by atoms with van der Waals surface area (Å²) >= 11 is 0. The minimum absolute atomic E-state index is 0.0653. The number of imide groups is 1. The molecule has 0 spiro atoms. The maximum atomic E-state index is 15.6. The zero-order valence-electron chi connectivity index (χ0n) is 21.0. The number of carbonyl (C=O) groups excluding carboxylic acids is 3. The van der Waals surface area contributed by atoms with Crippen LogP contribution in [0.15, 0.2) is 12.1 Å². The number of hydrogen-bond acceptors (Lipinski definition) is 6. The van der Waals surface area contributed by atoms with Crippen molar-refractivity contribution >= 4 is 23.4 Å². The lowest BCUT2D eigenvalue weighted by Gasteiger charge is -2.47. The Morgan fingerprint density at radius 3 is 2.49 bits per heavy atom. The summed E-state index contributed by atoms with van der Waals surface area (Å²) in [5.41, 5.74) is 1.41. The second kappa shape index (κ2) is 9.17. The Morgan fingerprint density at radius 1 is 1.06 bits per heavy atom. The maximum absolute atomic E-state index is 15.6. The molecule has 0 radical (unpaired) electrons. The molecule has 0 aromatic heterocycles. The first-order chi connectivity index (χ1) is 16.6. The zero-order valence-corrected chi connectivity index (χ0v) is 21.0. The highest BCUT2D eigenvalue weighted by molar-refractivity contribution is 6.05. The van der Waals surface area contributed by atoms with Gasteiger partial charge < -0.3 is 9.80 Å². The fraction of sp³-hybridized carbons (Fsp3) is 0.654. The number of fused-ring (bicyclic) bond motifs is 1. The van der Waals surface area contributed by atoms with E-state index in [2.05, 4.69) is 40.9 Å². The van der Waals surface area contributed by atoms with Crippen LogP contribution in [0.2, 0.25) is 0 Å². The molecule has 3 fully saturated rings. The van der Waals surface area contributed by atoms with E-state index in [4.69, 9.17) is 0 Å². The summed E-state index contributed by atoms with van der Waals surface area (Å²) in [7, 11) is 2.19. The minimum atomic E-state index is -0.731. The van der Waals surface area contributed by atoms with E-state index in [1.165, 1.54) is 4.90 Å². The predicted octanol–water partition coefficient (Wildman–Crippen LogP) is 1.83. The van der Waals surface area contributed by atoms with Crippen LogP contribution in [-0.2, 0) is 16.1 Å². The molecule has 0 bridgehead atoms. The van der Waals surface area contributed by atoms with Gasteiger partial charge in [-0.2, -0.15) is 0 Å². The van der Waals surface area contributed by atoms with Crippen molar-refractivity contribution in [2.45, 2.75) is 57.7 Å². The van der Waals surface area contributed by atoms with Gasteiger partial charge in [0.15, 0.2) is 5.82 Å². The number of nitrogens with one attached hydrogen (secondary N) is 1. The molecule has 9 heteroatoms. The fourth-order valence-electron chi connectivity index (χ4n) is 6.05. The molecule has 190 valence electrons. The SMILES string of the molecule is CN1CCN(CC2CCN(c3ccc4c(c3F)CN(C3CCC(=O)NC3=O)C4=O)CC2)CC1(C)C. The van der Waals surface area contributed by atoms with Gasteiger partial charge in [-0.1, -0.05) is 0 Å². The van der Waals surface area contributed by atoms with Crippen molar-refractivity contribution in [1.29, 1.82) is 0 Å². The Labute approximate surface area is 206 Å². The van der Waals surface area contributed by atoms with Gasteiger partial charge in [-0.3, -0.25) is 29.5 Å². The summed E-state index contributed by atoms with van der Waals surface area (Å²) in [6.07, 6.45) is 2.50. The summed E-state index contributed by atoms with van der Waals surface area (Å²) in [5, 5.41) is 2.29. The smallest absolute Gasteiger partial charge is 0.255 e. The molecule has 5 rings (SSSR count). The Morgan fingerprint density at radius 2 is 1.80 bits per heavy atom. The van der Waals surface area contributed by atoms with Crippen molar-refractivity contribution in [1.82, 2.24) is 20.0 Å². The highest BCUT2D eigenvalue weighted by atomic mass is 19.1. The molecular formula is C26H36FN5O3. The molecule has 3 saturated heterocycles. The normalized spacial score (nSPS) is 26.3. The summed E-state index contributed by atoms with van der Waals surface area (Å²) in [5.74, 6) is -0.899. The molecule has 0 aliphatic carbocycles. The fourth-order valence-corrected chi connectivity index (χ4v) is 6.05. The van der Waals surface area contributed by atoms with E-state index in [1.54, 1.807) is 12.1 Å². The van der Waals surface area contributed by atoms with E-state index in [9.17, 15) is 14.4 Å². The van der Waals surface area contributed by atoms with Crippen molar-refractivity contribution in [3.05, 3.63) is 29.1 Å². The number of nitrogens with zero attached hydrogens (tertiary/aromatic N) is 4. The van der Waals surface area contributed by atoms with Crippen molar-refractivity contribution < 1.29 is 18.8 Å². The number of carbonyl (C=O) groups is 3. The average molecular weight is 486 g/mol. The lowest BCUT2D eigenvalue weighted by atomic mass is 9.93. The maximum Gasteiger partial charge on any atom is 0.255 e. The molecule has 1 unspecified atom stereocenters. The molecule has 4 aliphatic rings. The van der Waals surface area contributed by atoms with Crippen molar-refractivity contribution in [2.24, 2.45) is 5.92 Å². The van der Waals surface area contributed by atoms with Gasteiger partial charge in [0.2, 0.25) is 11.8 Å². The molecular weight excluding hydrogens is 449 g/mol. The Hall–Kier alpha value is -2.52. The third-order valence-electron chi connectivity index (χ3n) is 8.50. The largest absolute Gasteiger partial charge is 0.369 e. The number of likely N-dealkylation sites (N-methyl/N-ethyl adjacent to an activating group) is 1. The molecule has 0 saturated carbocycles. The third-order valence-corrected chi connectivity index (χ3v) is 8.50. The first kappa shape index (κ1) is 24.2. The van der Waals surface area contributed by atoms with Crippen LogP contribution >= 0.6 is 0 Å². The van der Waals surface area contributed by atoms with Gasteiger partial charge in [0.1, 0.15) is 6.04 Å². The van der Waals surface area contributed by atoms with Crippen molar-refractivity contribution in [3.63, 3.8) is 0 Å². The monoisotopic (exact) mass is 485 g/mol. The molecule has 1 N–H and O–H groups in total. The van der Waals surface area contributed by atoms with Gasteiger partial charge in [0.25, 0.3) is 5.91 Å². The number of anilines is 1. The van der Waals surface area contributed by atoms with Crippen molar-refractivity contribution in [2.75, 3.05) is 51.2 Å². The van der Waals surface area contributed by atoms with Crippen LogP contribution in [0.4, 0.5) is 10.1 Å². The van der Waals surface area contributed by atoms with Crippen LogP contribution in [0, 0.1) is 11.7 Å². The second-order valence-corrected chi connectivity index (χ2v) is 11.2. The first-order valence-corrected chi connectivity index (χ1v) is 12.8. The summed E-state index contributed by atoms with van der Waals surface area (Å²) in [4.78, 5) is 45.2. The van der Waals surface area contributed by atoms with Gasteiger partial charge in [-0.25, -0.2) is 4.39 Å². The van der Waals surface area contributed by atoms with Gasteiger partial charge in [0, 0.05) is 62.4 Å². The topological polar surface area (TPSA) is 76.2 Å². The highest BCUT2D eigenvalue weighted by Crippen LogP contribution is 2.35. The zero-order chi connectivity index (χ0) is 24.9. The number of halogens is 1. The number of benzene rings is 1. The number of piperazine rings is 1. The molecule has 1 atom stereocenters. The summed E-state index contributed by atoms with van der Waals surface area (Å²) in [6.45, 7) is 10.6. The predicted molar refractivity (Wildman–Crippen MR) is 131 cm³/mol. The van der Waals surface area contributed by atoms with Crippen LogP contribution in [0.5, 0.6) is 0 Å². The minimum Gasteiger partial charge on any atom is -0.369 e. The Kier molecular flexibility index (Phi) is 6.34. The number of rotatable bonds is 4. The van der Waals surface area contributed by atoms with Gasteiger partial charge in [-0.05, 0) is 58.2 Å². The van der Waals surface area contributed by atoms with Crippen LogP contribution in [-0.4, -0.2) is 90.3 Å². The van der Waals surface area contributed by atoms with Gasteiger partial charge in [0.05, 0.1) is 12.2 Å². The van der Waals surface area contributed by atoms with E-state index >= 15 is 4.39 Å². The molecule has 1 aromatic carbocycles. The van der Waals surface area contributed by atoms with E-state index in [-0.39, 0.29) is 42.6 Å². The van der Waals surface area contributed by atoms with Crippen LogP contribution in [0.3, 0.4) is 0 Å². The highest BCUT2D eigenvalue weighted by Gasteiger charge is 2.41. The van der Waals surface area contributed by atoms with E-state index < -0.39 is 11.9 Å². The lowest BCUT2D eigenvalue weighted by molar-refractivity contribution is -0.136. The van der Waals surface area contributed by atoms with Gasteiger partial charge >= 0.3 is 0 Å². The second-order valence-electron chi connectivity index (χ2n) is 11.2. The standard InChI is InChI=1S/C26H36FN5O3/c1-26(2)16-30(13-12-29(26)3)14-17-8-10-31(11-9-17)20-5-4-18-19(23(20)27)15-32(25(18)35)21-6-7-22(33)28-24(21)34/h4-5,17,21H,6-16H2,1-3H3,(H,28,33,34). The summed E-state index contributed by atoms with van der Waals surface area (Å²) < 4.78 is 15.6. The van der Waals surface area contributed by atoms with E-state index in [1.807, 2.05) is 0 Å². The van der Waals surface area contributed by atoms with Crippen LogP contribution in [0.1, 0.15) is 55.5 Å². The van der Waals surface area contributed by atoms with Gasteiger partial charge in [-0.15, -0.1) is 0 Å². The molecule has 8 nitrogen and oxygen atoms in total. The third kappa shape index (κ3) is 4.56. The number of piperidine rings is 2. The van der Waals surface area contributed by atoms with Crippen LogP contribution < -0.4 is 10.2 Å². The first-order valence-electron chi connectivity index (χ1n) is 12.8. The average Bonchev–Trinajstić information content (AvgIpc) is 3.14. The Balaban J connectivity index is 1.22. The van der Waals surface area contributed by atoms with Crippen LogP contribution in [0.25, 0.3) is 0 Å². The molecule has 4 aliphatic heterocycles. The number of hydrogen-bond donors (Lipinski definition) is 1.